The zero-order valence-electron chi connectivity index (χ0n) is 22.4. The number of hydrogen-bond donors (Lipinski definition) is 7. The molecule has 13 nitrogen and oxygen atoms in total. The predicted octanol–water partition coefficient (Wildman–Crippen LogP) is -0.523. The number of carboxylic acids is 1. The molecule has 1 aromatic heterocycles. The second-order valence-corrected chi connectivity index (χ2v) is 10.1. The van der Waals surface area contributed by atoms with E-state index in [1.165, 1.54) is 4.90 Å². The van der Waals surface area contributed by atoms with Crippen LogP contribution in [-0.2, 0) is 30.4 Å². The van der Waals surface area contributed by atoms with Gasteiger partial charge in [-0.2, -0.15) is 0 Å². The van der Waals surface area contributed by atoms with Crippen LogP contribution in [0.5, 0.6) is 0 Å². The molecule has 1 aliphatic rings. The third-order valence-electron chi connectivity index (χ3n) is 7.15. The van der Waals surface area contributed by atoms with Gasteiger partial charge in [0, 0.05) is 36.5 Å². The van der Waals surface area contributed by atoms with Crippen molar-refractivity contribution in [3.63, 3.8) is 0 Å². The van der Waals surface area contributed by atoms with Crippen molar-refractivity contribution in [2.75, 3.05) is 13.1 Å². The number of benzene rings is 1. The molecule has 1 saturated heterocycles. The average molecular weight is 558 g/mol. The highest BCUT2D eigenvalue weighted by atomic mass is 16.4. The van der Waals surface area contributed by atoms with Crippen LogP contribution in [0.15, 0.2) is 30.5 Å². The molecular formula is C27H39N7O6. The predicted molar refractivity (Wildman–Crippen MR) is 148 cm³/mol. The van der Waals surface area contributed by atoms with Crippen molar-refractivity contribution in [3.8, 4) is 0 Å². The Bertz CT molecular complexity index is 1210. The highest BCUT2D eigenvalue weighted by Gasteiger charge is 2.39. The minimum absolute atomic E-state index is 0.158. The second-order valence-electron chi connectivity index (χ2n) is 10.1. The van der Waals surface area contributed by atoms with Crippen molar-refractivity contribution in [3.05, 3.63) is 36.0 Å². The first-order chi connectivity index (χ1) is 19.1. The number of aliphatic carboxylic acids is 1. The number of primary amides is 1. The van der Waals surface area contributed by atoms with Crippen molar-refractivity contribution < 1.29 is 29.1 Å². The Balaban J connectivity index is 1.79. The quantitative estimate of drug-likeness (QED) is 0.141. The number of nitrogens with one attached hydrogen (secondary N) is 3. The van der Waals surface area contributed by atoms with E-state index < -0.39 is 53.8 Å². The van der Waals surface area contributed by atoms with Crippen LogP contribution in [0, 0.1) is 0 Å². The van der Waals surface area contributed by atoms with Crippen molar-refractivity contribution in [1.29, 1.82) is 0 Å². The summed E-state index contributed by atoms with van der Waals surface area (Å²) in [5.74, 6) is -3.57. The lowest BCUT2D eigenvalue weighted by Crippen LogP contribution is -2.57. The lowest BCUT2D eigenvalue weighted by atomic mass is 10.0. The number of nitrogens with zero attached hydrogens (tertiary/aromatic N) is 1. The molecule has 2 aromatic rings. The summed E-state index contributed by atoms with van der Waals surface area (Å²) in [7, 11) is 0. The number of nitrogens with two attached hydrogens (primary N) is 3. The Labute approximate surface area is 232 Å². The number of carbonyl (C=O) groups is 5. The molecule has 1 aromatic carbocycles. The highest BCUT2D eigenvalue weighted by Crippen LogP contribution is 2.23. The summed E-state index contributed by atoms with van der Waals surface area (Å²) in [5.41, 5.74) is 18.4. The maximum atomic E-state index is 13.9. The van der Waals surface area contributed by atoms with Gasteiger partial charge >= 0.3 is 5.97 Å². The molecule has 3 rings (SSSR count). The topological polar surface area (TPSA) is 227 Å². The first-order valence-electron chi connectivity index (χ1n) is 13.5. The molecule has 10 N–H and O–H groups in total. The lowest BCUT2D eigenvalue weighted by molar-refractivity contribution is -0.145. The van der Waals surface area contributed by atoms with Gasteiger partial charge in [0.15, 0.2) is 0 Å². The van der Waals surface area contributed by atoms with Gasteiger partial charge in [0.25, 0.3) is 0 Å². The van der Waals surface area contributed by atoms with E-state index >= 15 is 0 Å². The molecule has 4 unspecified atom stereocenters. The number of hydrogen-bond acceptors (Lipinski definition) is 7. The van der Waals surface area contributed by atoms with Crippen LogP contribution in [0.4, 0.5) is 0 Å². The molecule has 1 fully saturated rings. The number of carbonyl (C=O) groups excluding carboxylic acids is 4. The van der Waals surface area contributed by atoms with Gasteiger partial charge < -0.3 is 42.8 Å². The Morgan fingerprint density at radius 2 is 1.82 bits per heavy atom. The van der Waals surface area contributed by atoms with Crippen LogP contribution in [0.3, 0.4) is 0 Å². The zero-order valence-corrected chi connectivity index (χ0v) is 22.4. The van der Waals surface area contributed by atoms with E-state index in [2.05, 4.69) is 15.6 Å². The van der Waals surface area contributed by atoms with Gasteiger partial charge in [-0.25, -0.2) is 4.79 Å². The fourth-order valence-electron chi connectivity index (χ4n) is 4.95. The fourth-order valence-corrected chi connectivity index (χ4v) is 4.95. The van der Waals surface area contributed by atoms with Crippen molar-refractivity contribution in [2.45, 2.75) is 75.5 Å². The van der Waals surface area contributed by atoms with Crippen LogP contribution in [0.25, 0.3) is 10.9 Å². The van der Waals surface area contributed by atoms with Crippen LogP contribution < -0.4 is 27.8 Å². The summed E-state index contributed by atoms with van der Waals surface area (Å²) in [5, 5.41) is 15.6. The Kier molecular flexibility index (Phi) is 11.0. The zero-order chi connectivity index (χ0) is 29.2. The minimum Gasteiger partial charge on any atom is -0.480 e. The van der Waals surface area contributed by atoms with Crippen molar-refractivity contribution in [2.24, 2.45) is 17.2 Å². The third kappa shape index (κ3) is 8.02. The molecule has 1 aliphatic heterocycles. The van der Waals surface area contributed by atoms with E-state index in [0.717, 1.165) is 22.9 Å². The molecule has 0 bridgehead atoms. The SMILES string of the molecule is NCCCCC(N)C(=O)NC(Cc1c[nH]c2ccccc12)C(=O)N1CCCC1C(=O)NC(CCC(N)=O)C(=O)O. The summed E-state index contributed by atoms with van der Waals surface area (Å²) in [6, 6.07) is 3.48. The number of fused-ring (bicyclic) bond motifs is 1. The van der Waals surface area contributed by atoms with Gasteiger partial charge in [-0.05, 0) is 50.3 Å². The monoisotopic (exact) mass is 557 g/mol. The number of aromatic amines is 1. The van der Waals surface area contributed by atoms with E-state index in [-0.39, 0.29) is 25.8 Å². The molecule has 218 valence electrons. The molecule has 0 spiro atoms. The van der Waals surface area contributed by atoms with Crippen LogP contribution in [-0.4, -0.2) is 81.8 Å². The standard InChI is InChI=1S/C27H39N7O6/c28-12-4-3-7-18(29)24(36)33-21(14-16-15-31-19-8-2-1-6-17(16)19)26(38)34-13-5-9-22(34)25(37)32-20(27(39)40)10-11-23(30)35/h1-2,6,8,15,18,20-22,31H,3-5,7,9-14,28-29H2,(H2,30,35)(H,32,37)(H,33,36)(H,39,40). The maximum absolute atomic E-state index is 13.9. The normalized spacial score (nSPS) is 17.2. The average Bonchev–Trinajstić information content (AvgIpc) is 3.57. The van der Waals surface area contributed by atoms with Gasteiger partial charge in [0.05, 0.1) is 6.04 Å². The van der Waals surface area contributed by atoms with Gasteiger partial charge in [-0.15, -0.1) is 0 Å². The lowest BCUT2D eigenvalue weighted by Gasteiger charge is -2.30. The first-order valence-corrected chi connectivity index (χ1v) is 13.5. The summed E-state index contributed by atoms with van der Waals surface area (Å²) in [6.45, 7) is 0.748. The summed E-state index contributed by atoms with van der Waals surface area (Å²) in [4.78, 5) is 67.3. The number of rotatable bonds is 15. The minimum atomic E-state index is -1.33. The largest absolute Gasteiger partial charge is 0.480 e. The number of likely N-dealkylation sites (tertiary alicyclic amines) is 1. The van der Waals surface area contributed by atoms with Crippen molar-refractivity contribution in [1.82, 2.24) is 20.5 Å². The molecule has 0 aliphatic carbocycles. The Hall–Kier alpha value is -3.97. The number of para-hydroxylation sites is 1. The van der Waals surface area contributed by atoms with Crippen LogP contribution >= 0.6 is 0 Å². The molecule has 4 amide bonds. The summed E-state index contributed by atoms with van der Waals surface area (Å²) in [6.07, 6.45) is 4.21. The van der Waals surface area contributed by atoms with E-state index in [4.69, 9.17) is 17.2 Å². The maximum Gasteiger partial charge on any atom is 0.326 e. The number of aromatic nitrogens is 1. The van der Waals surface area contributed by atoms with Gasteiger partial charge in [0.1, 0.15) is 18.1 Å². The van der Waals surface area contributed by atoms with E-state index in [0.29, 0.717) is 32.2 Å². The van der Waals surface area contributed by atoms with Crippen LogP contribution in [0.1, 0.15) is 50.5 Å². The fraction of sp³-hybridized carbons (Fsp3) is 0.519. The first kappa shape index (κ1) is 30.6. The number of unbranched alkanes of at least 4 members (excludes halogenated alkanes) is 1. The molecule has 4 atom stereocenters. The smallest absolute Gasteiger partial charge is 0.326 e. The molecule has 13 heteroatoms. The molecule has 2 heterocycles. The third-order valence-corrected chi connectivity index (χ3v) is 7.15. The molecule has 0 radical (unpaired) electrons. The van der Waals surface area contributed by atoms with Gasteiger partial charge in [-0.1, -0.05) is 24.6 Å². The second kappa shape index (κ2) is 14.4. The summed E-state index contributed by atoms with van der Waals surface area (Å²) < 4.78 is 0. The van der Waals surface area contributed by atoms with Crippen molar-refractivity contribution >= 4 is 40.5 Å². The van der Waals surface area contributed by atoms with E-state index in [1.54, 1.807) is 6.20 Å². The summed E-state index contributed by atoms with van der Waals surface area (Å²) >= 11 is 0. The van der Waals surface area contributed by atoms with Gasteiger partial charge in [0.2, 0.25) is 23.6 Å². The Morgan fingerprint density at radius 1 is 1.07 bits per heavy atom. The number of carboxylic acid groups (broad SMARTS) is 1. The Morgan fingerprint density at radius 3 is 2.52 bits per heavy atom. The number of amides is 4. The van der Waals surface area contributed by atoms with E-state index in [1.807, 2.05) is 24.3 Å². The van der Waals surface area contributed by atoms with Crippen LogP contribution in [0.2, 0.25) is 0 Å². The highest BCUT2D eigenvalue weighted by molar-refractivity contribution is 5.95. The van der Waals surface area contributed by atoms with Gasteiger partial charge in [-0.3, -0.25) is 19.2 Å². The number of H-pyrrole nitrogens is 1. The molecule has 0 saturated carbocycles. The van der Waals surface area contributed by atoms with E-state index in [9.17, 15) is 29.1 Å². The molecular weight excluding hydrogens is 518 g/mol. The molecule has 40 heavy (non-hydrogen) atoms.